The Labute approximate surface area is 133 Å². The summed E-state index contributed by atoms with van der Waals surface area (Å²) < 4.78 is 0. The van der Waals surface area contributed by atoms with E-state index in [1.54, 1.807) is 24.4 Å². The number of nitrogens with zero attached hydrogens (tertiary/aromatic N) is 1. The van der Waals surface area contributed by atoms with Gasteiger partial charge in [-0.3, -0.25) is 9.78 Å². The number of hydrogen-bond donors (Lipinski definition) is 2. The van der Waals surface area contributed by atoms with Gasteiger partial charge in [0.2, 0.25) is 5.91 Å². The van der Waals surface area contributed by atoms with E-state index >= 15 is 0 Å². The molecule has 0 aliphatic carbocycles. The molecule has 21 heavy (non-hydrogen) atoms. The van der Waals surface area contributed by atoms with E-state index < -0.39 is 0 Å². The Balaban J connectivity index is 1.75. The summed E-state index contributed by atoms with van der Waals surface area (Å²) >= 11 is 12.1. The molecule has 0 spiro atoms. The van der Waals surface area contributed by atoms with Crippen LogP contribution < -0.4 is 10.6 Å². The molecule has 0 bridgehead atoms. The Hall–Kier alpha value is -1.78. The molecule has 0 aliphatic heterocycles. The van der Waals surface area contributed by atoms with E-state index in [-0.39, 0.29) is 5.91 Å². The SMILES string of the molecule is O=C(CCNc1c(Cl)cccc1Cl)NCc1ccccn1. The number of pyridine rings is 1. The summed E-state index contributed by atoms with van der Waals surface area (Å²) in [7, 11) is 0. The summed E-state index contributed by atoms with van der Waals surface area (Å²) in [5.41, 5.74) is 1.48. The topological polar surface area (TPSA) is 54.0 Å². The van der Waals surface area contributed by atoms with Gasteiger partial charge < -0.3 is 10.6 Å². The van der Waals surface area contributed by atoms with Crippen molar-refractivity contribution in [2.75, 3.05) is 11.9 Å². The van der Waals surface area contributed by atoms with Crippen molar-refractivity contribution in [3.63, 3.8) is 0 Å². The number of nitrogens with one attached hydrogen (secondary N) is 2. The van der Waals surface area contributed by atoms with Crippen LogP contribution in [0.1, 0.15) is 12.1 Å². The lowest BCUT2D eigenvalue weighted by atomic mass is 10.3. The highest BCUT2D eigenvalue weighted by molar-refractivity contribution is 6.39. The predicted octanol–water partition coefficient (Wildman–Crippen LogP) is 3.51. The molecule has 1 amide bonds. The largest absolute Gasteiger partial charge is 0.382 e. The Morgan fingerprint density at radius 3 is 2.52 bits per heavy atom. The average Bonchev–Trinajstić information content (AvgIpc) is 2.49. The molecule has 0 unspecified atom stereocenters. The van der Waals surface area contributed by atoms with Crippen molar-refractivity contribution >= 4 is 34.8 Å². The van der Waals surface area contributed by atoms with E-state index in [1.807, 2.05) is 18.2 Å². The van der Waals surface area contributed by atoms with E-state index in [0.717, 1.165) is 5.69 Å². The van der Waals surface area contributed by atoms with Crippen LogP contribution in [0.25, 0.3) is 0 Å². The molecule has 2 aromatic rings. The second-order valence-corrected chi connectivity index (χ2v) is 5.19. The molecule has 1 heterocycles. The number of carbonyl (C=O) groups is 1. The molecule has 0 saturated heterocycles. The first kappa shape index (κ1) is 15.6. The molecule has 0 radical (unpaired) electrons. The highest BCUT2D eigenvalue weighted by Gasteiger charge is 2.06. The van der Waals surface area contributed by atoms with Gasteiger partial charge in [-0.05, 0) is 24.3 Å². The summed E-state index contributed by atoms with van der Waals surface area (Å²) in [4.78, 5) is 15.9. The fourth-order valence-electron chi connectivity index (χ4n) is 1.75. The maximum Gasteiger partial charge on any atom is 0.222 e. The van der Waals surface area contributed by atoms with Crippen molar-refractivity contribution in [3.05, 3.63) is 58.3 Å². The van der Waals surface area contributed by atoms with Crippen LogP contribution in [0.4, 0.5) is 5.69 Å². The van der Waals surface area contributed by atoms with Crippen LogP contribution >= 0.6 is 23.2 Å². The number of benzene rings is 1. The monoisotopic (exact) mass is 323 g/mol. The number of carbonyl (C=O) groups excluding carboxylic acids is 1. The van der Waals surface area contributed by atoms with Gasteiger partial charge in [0.25, 0.3) is 0 Å². The van der Waals surface area contributed by atoms with Crippen molar-refractivity contribution in [2.45, 2.75) is 13.0 Å². The lowest BCUT2D eigenvalue weighted by Gasteiger charge is -2.10. The maximum absolute atomic E-state index is 11.7. The first-order valence-electron chi connectivity index (χ1n) is 6.51. The Morgan fingerprint density at radius 2 is 1.86 bits per heavy atom. The molecule has 110 valence electrons. The number of rotatable bonds is 6. The molecule has 0 atom stereocenters. The minimum atomic E-state index is -0.0590. The standard InChI is InChI=1S/C15H15Cl2N3O/c16-12-5-3-6-13(17)15(12)19-9-7-14(21)20-10-11-4-1-2-8-18-11/h1-6,8,19H,7,9-10H2,(H,20,21). The minimum Gasteiger partial charge on any atom is -0.382 e. The summed E-state index contributed by atoms with van der Waals surface area (Å²) in [6.45, 7) is 0.879. The summed E-state index contributed by atoms with van der Waals surface area (Å²) in [5.74, 6) is -0.0590. The lowest BCUT2D eigenvalue weighted by molar-refractivity contribution is -0.121. The number of amides is 1. The number of anilines is 1. The third-order valence-electron chi connectivity index (χ3n) is 2.81. The minimum absolute atomic E-state index is 0.0590. The highest BCUT2D eigenvalue weighted by Crippen LogP contribution is 2.29. The molecule has 4 nitrogen and oxygen atoms in total. The molecule has 0 fully saturated rings. The molecular weight excluding hydrogens is 309 g/mol. The van der Waals surface area contributed by atoms with E-state index in [9.17, 15) is 4.79 Å². The second-order valence-electron chi connectivity index (χ2n) is 4.37. The van der Waals surface area contributed by atoms with Crippen LogP contribution in [0.5, 0.6) is 0 Å². The van der Waals surface area contributed by atoms with Crippen LogP contribution in [0.2, 0.25) is 10.0 Å². The van der Waals surface area contributed by atoms with Gasteiger partial charge in [0.1, 0.15) is 0 Å². The summed E-state index contributed by atoms with van der Waals surface area (Å²) in [5, 5.41) is 6.95. The van der Waals surface area contributed by atoms with Crippen LogP contribution in [0.3, 0.4) is 0 Å². The summed E-state index contributed by atoms with van der Waals surface area (Å²) in [6.07, 6.45) is 2.02. The van der Waals surface area contributed by atoms with Crippen molar-refractivity contribution in [3.8, 4) is 0 Å². The van der Waals surface area contributed by atoms with Crippen LogP contribution in [-0.4, -0.2) is 17.4 Å². The van der Waals surface area contributed by atoms with Crippen molar-refractivity contribution in [2.24, 2.45) is 0 Å². The Bertz CT molecular complexity index is 585. The predicted molar refractivity (Wildman–Crippen MR) is 85.7 cm³/mol. The molecule has 0 aliphatic rings. The number of hydrogen-bond acceptors (Lipinski definition) is 3. The zero-order valence-corrected chi connectivity index (χ0v) is 12.8. The summed E-state index contributed by atoms with van der Waals surface area (Å²) in [6, 6.07) is 10.9. The first-order valence-corrected chi connectivity index (χ1v) is 7.27. The van der Waals surface area contributed by atoms with Gasteiger partial charge >= 0.3 is 0 Å². The first-order chi connectivity index (χ1) is 10.2. The average molecular weight is 324 g/mol. The van der Waals surface area contributed by atoms with Gasteiger partial charge in [-0.15, -0.1) is 0 Å². The van der Waals surface area contributed by atoms with Gasteiger partial charge in [-0.25, -0.2) is 0 Å². The van der Waals surface area contributed by atoms with Crippen LogP contribution in [0, 0.1) is 0 Å². The highest BCUT2D eigenvalue weighted by atomic mass is 35.5. The maximum atomic E-state index is 11.7. The van der Waals surface area contributed by atoms with Gasteiger partial charge in [0, 0.05) is 19.2 Å². The van der Waals surface area contributed by atoms with Crippen molar-refractivity contribution in [1.29, 1.82) is 0 Å². The Kier molecular flexibility index (Phi) is 5.84. The molecule has 1 aromatic heterocycles. The van der Waals surface area contributed by atoms with Crippen LogP contribution in [-0.2, 0) is 11.3 Å². The third-order valence-corrected chi connectivity index (χ3v) is 3.44. The Morgan fingerprint density at radius 1 is 1.10 bits per heavy atom. The lowest BCUT2D eigenvalue weighted by Crippen LogP contribution is -2.25. The molecule has 1 aromatic carbocycles. The van der Waals surface area contributed by atoms with E-state index in [2.05, 4.69) is 15.6 Å². The zero-order chi connectivity index (χ0) is 15.1. The van der Waals surface area contributed by atoms with Gasteiger partial charge in [-0.1, -0.05) is 35.3 Å². The number of aromatic nitrogens is 1. The van der Waals surface area contributed by atoms with E-state index in [0.29, 0.717) is 35.2 Å². The van der Waals surface area contributed by atoms with Gasteiger partial charge in [-0.2, -0.15) is 0 Å². The van der Waals surface area contributed by atoms with Crippen LogP contribution in [0.15, 0.2) is 42.6 Å². The molecule has 2 N–H and O–H groups in total. The fourth-order valence-corrected chi connectivity index (χ4v) is 2.28. The normalized spacial score (nSPS) is 10.2. The molecular formula is C15H15Cl2N3O. The second kappa shape index (κ2) is 7.86. The number of halogens is 2. The molecule has 6 heteroatoms. The molecule has 0 saturated carbocycles. The molecule has 2 rings (SSSR count). The smallest absolute Gasteiger partial charge is 0.222 e. The fraction of sp³-hybridized carbons (Fsp3) is 0.200. The zero-order valence-electron chi connectivity index (χ0n) is 11.3. The van der Waals surface area contributed by atoms with E-state index in [4.69, 9.17) is 23.2 Å². The van der Waals surface area contributed by atoms with Gasteiger partial charge in [0.05, 0.1) is 28.0 Å². The van der Waals surface area contributed by atoms with E-state index in [1.165, 1.54) is 0 Å². The number of para-hydroxylation sites is 1. The van der Waals surface area contributed by atoms with Crippen molar-refractivity contribution in [1.82, 2.24) is 10.3 Å². The third kappa shape index (κ3) is 4.92. The quantitative estimate of drug-likeness (QED) is 0.855. The van der Waals surface area contributed by atoms with Crippen molar-refractivity contribution < 1.29 is 4.79 Å². The van der Waals surface area contributed by atoms with Gasteiger partial charge in [0.15, 0.2) is 0 Å².